The van der Waals surface area contributed by atoms with Gasteiger partial charge in [-0.2, -0.15) is 0 Å². The number of hydrogen-bond acceptors (Lipinski definition) is 3. The van der Waals surface area contributed by atoms with Gasteiger partial charge in [0.15, 0.2) is 0 Å². The predicted molar refractivity (Wildman–Crippen MR) is 64.7 cm³/mol. The number of amides is 1. The molecule has 0 aromatic heterocycles. The van der Waals surface area contributed by atoms with Gasteiger partial charge < -0.3 is 15.8 Å². The second-order valence-electron chi connectivity index (χ2n) is 3.38. The highest BCUT2D eigenvalue weighted by molar-refractivity contribution is 6.34. The molecular formula is C11H15ClN2O2. The summed E-state index contributed by atoms with van der Waals surface area (Å²) in [5, 5.41) is 3.20. The van der Waals surface area contributed by atoms with Crippen LogP contribution in [0.4, 0.5) is 5.69 Å². The zero-order valence-electron chi connectivity index (χ0n) is 9.29. The van der Waals surface area contributed by atoms with Crippen molar-refractivity contribution in [1.29, 1.82) is 0 Å². The highest BCUT2D eigenvalue weighted by Gasteiger charge is 2.17. The minimum Gasteiger partial charge on any atom is -0.370 e. The Labute approximate surface area is 99.7 Å². The van der Waals surface area contributed by atoms with Gasteiger partial charge in [-0.1, -0.05) is 23.7 Å². The first-order chi connectivity index (χ1) is 7.60. The van der Waals surface area contributed by atoms with Gasteiger partial charge in [-0.25, -0.2) is 0 Å². The second-order valence-corrected chi connectivity index (χ2v) is 3.79. The highest BCUT2D eigenvalue weighted by Crippen LogP contribution is 2.25. The first-order valence-corrected chi connectivity index (χ1v) is 5.26. The molecule has 16 heavy (non-hydrogen) atoms. The third-order valence-electron chi connectivity index (χ3n) is 2.26. The van der Waals surface area contributed by atoms with Crippen molar-refractivity contribution >= 4 is 23.2 Å². The molecule has 0 aliphatic rings. The first-order valence-electron chi connectivity index (χ1n) is 4.89. The Kier molecular flexibility index (Phi) is 4.73. The zero-order chi connectivity index (χ0) is 12.1. The van der Waals surface area contributed by atoms with E-state index >= 15 is 0 Å². The van der Waals surface area contributed by atoms with Crippen LogP contribution in [0.2, 0.25) is 5.02 Å². The molecule has 0 bridgehead atoms. The third kappa shape index (κ3) is 2.95. The lowest BCUT2D eigenvalue weighted by Crippen LogP contribution is -2.36. The average molecular weight is 243 g/mol. The Morgan fingerprint density at radius 1 is 1.62 bits per heavy atom. The standard InChI is InChI=1S/C11H15ClN2O2/c1-7-4-3-5-8(12)10(7)14-11(15)9(6-13)16-2/h3-5,9H,6,13H2,1-2H3,(H,14,15). The van der Waals surface area contributed by atoms with Crippen molar-refractivity contribution in [2.24, 2.45) is 5.73 Å². The van der Waals surface area contributed by atoms with E-state index in [2.05, 4.69) is 5.32 Å². The number of nitrogens with two attached hydrogens (primary N) is 1. The highest BCUT2D eigenvalue weighted by atomic mass is 35.5. The number of carbonyl (C=O) groups is 1. The molecule has 3 N–H and O–H groups in total. The van der Waals surface area contributed by atoms with Gasteiger partial charge in [-0.3, -0.25) is 4.79 Å². The van der Waals surface area contributed by atoms with E-state index in [1.165, 1.54) is 7.11 Å². The molecule has 0 saturated carbocycles. The van der Waals surface area contributed by atoms with E-state index in [0.29, 0.717) is 10.7 Å². The van der Waals surface area contributed by atoms with Crippen molar-refractivity contribution in [1.82, 2.24) is 0 Å². The van der Waals surface area contributed by atoms with E-state index in [9.17, 15) is 4.79 Å². The van der Waals surface area contributed by atoms with Gasteiger partial charge in [0.05, 0.1) is 10.7 Å². The number of anilines is 1. The molecule has 1 unspecified atom stereocenters. The summed E-state index contributed by atoms with van der Waals surface area (Å²) in [4.78, 5) is 11.7. The molecule has 1 atom stereocenters. The summed E-state index contributed by atoms with van der Waals surface area (Å²) < 4.78 is 4.93. The van der Waals surface area contributed by atoms with Crippen LogP contribution in [0.25, 0.3) is 0 Å². The molecule has 5 heteroatoms. The van der Waals surface area contributed by atoms with Crippen LogP contribution in [-0.4, -0.2) is 25.7 Å². The van der Waals surface area contributed by atoms with Crippen LogP contribution >= 0.6 is 11.6 Å². The summed E-state index contributed by atoms with van der Waals surface area (Å²) in [5.74, 6) is -0.291. The maximum absolute atomic E-state index is 11.7. The molecule has 0 aliphatic heterocycles. The molecular weight excluding hydrogens is 228 g/mol. The van der Waals surface area contributed by atoms with E-state index in [0.717, 1.165) is 5.56 Å². The molecule has 88 valence electrons. The predicted octanol–water partition coefficient (Wildman–Crippen LogP) is 1.56. The number of nitrogens with one attached hydrogen (secondary N) is 1. The van der Waals surface area contributed by atoms with E-state index in [1.54, 1.807) is 6.07 Å². The van der Waals surface area contributed by atoms with E-state index in [-0.39, 0.29) is 12.5 Å². The SMILES string of the molecule is COC(CN)C(=O)Nc1c(C)cccc1Cl. The quantitative estimate of drug-likeness (QED) is 0.842. The van der Waals surface area contributed by atoms with Crippen molar-refractivity contribution in [3.8, 4) is 0 Å². The molecule has 1 aromatic rings. The summed E-state index contributed by atoms with van der Waals surface area (Å²) in [6.07, 6.45) is -0.657. The van der Waals surface area contributed by atoms with Crippen molar-refractivity contribution in [3.05, 3.63) is 28.8 Å². The fourth-order valence-corrected chi connectivity index (χ4v) is 1.57. The molecule has 0 fully saturated rings. The molecule has 4 nitrogen and oxygen atoms in total. The third-order valence-corrected chi connectivity index (χ3v) is 2.58. The van der Waals surface area contributed by atoms with Crippen molar-refractivity contribution in [2.45, 2.75) is 13.0 Å². The number of methoxy groups -OCH3 is 1. The minimum absolute atomic E-state index is 0.131. The van der Waals surface area contributed by atoms with Crippen LogP contribution in [0, 0.1) is 6.92 Å². The van der Waals surface area contributed by atoms with Gasteiger partial charge in [-0.05, 0) is 18.6 Å². The summed E-state index contributed by atoms with van der Waals surface area (Å²) in [5.41, 5.74) is 6.89. The van der Waals surface area contributed by atoms with Crippen molar-refractivity contribution in [2.75, 3.05) is 19.0 Å². The number of hydrogen-bond donors (Lipinski definition) is 2. The Morgan fingerprint density at radius 2 is 2.31 bits per heavy atom. The van der Waals surface area contributed by atoms with Gasteiger partial charge in [0, 0.05) is 13.7 Å². The Hall–Kier alpha value is -1.10. The number of benzene rings is 1. The zero-order valence-corrected chi connectivity index (χ0v) is 10.0. The van der Waals surface area contributed by atoms with Gasteiger partial charge >= 0.3 is 0 Å². The molecule has 0 heterocycles. The van der Waals surface area contributed by atoms with Crippen molar-refractivity contribution in [3.63, 3.8) is 0 Å². The molecule has 0 radical (unpaired) electrons. The smallest absolute Gasteiger partial charge is 0.254 e. The normalized spacial score (nSPS) is 12.2. The van der Waals surface area contributed by atoms with Gasteiger partial charge in [0.1, 0.15) is 6.10 Å². The summed E-state index contributed by atoms with van der Waals surface area (Å²) in [6.45, 7) is 2.00. The fraction of sp³-hybridized carbons (Fsp3) is 0.364. The molecule has 1 aromatic carbocycles. The van der Waals surface area contributed by atoms with Gasteiger partial charge in [0.25, 0.3) is 5.91 Å². The molecule has 0 spiro atoms. The van der Waals surface area contributed by atoms with Crippen LogP contribution in [0.1, 0.15) is 5.56 Å². The maximum Gasteiger partial charge on any atom is 0.254 e. The van der Waals surface area contributed by atoms with E-state index in [1.807, 2.05) is 19.1 Å². The summed E-state index contributed by atoms with van der Waals surface area (Å²) >= 11 is 5.98. The Morgan fingerprint density at radius 3 is 2.81 bits per heavy atom. The minimum atomic E-state index is -0.657. The fourth-order valence-electron chi connectivity index (χ4n) is 1.30. The van der Waals surface area contributed by atoms with Crippen LogP contribution in [-0.2, 0) is 9.53 Å². The number of ether oxygens (including phenoxy) is 1. The summed E-state index contributed by atoms with van der Waals surface area (Å²) in [7, 11) is 1.44. The van der Waals surface area contributed by atoms with Crippen molar-refractivity contribution < 1.29 is 9.53 Å². The lowest BCUT2D eigenvalue weighted by atomic mass is 10.2. The lowest BCUT2D eigenvalue weighted by molar-refractivity contribution is -0.125. The maximum atomic E-state index is 11.7. The number of carbonyl (C=O) groups excluding carboxylic acids is 1. The van der Waals surface area contributed by atoms with Gasteiger partial charge in [0.2, 0.25) is 0 Å². The average Bonchev–Trinajstić information content (AvgIpc) is 2.25. The first kappa shape index (κ1) is 13.0. The van der Waals surface area contributed by atoms with Crippen LogP contribution < -0.4 is 11.1 Å². The number of para-hydroxylation sites is 1. The number of rotatable bonds is 4. The Bertz CT molecular complexity index is 358. The van der Waals surface area contributed by atoms with E-state index < -0.39 is 6.10 Å². The van der Waals surface area contributed by atoms with Crippen LogP contribution in [0.5, 0.6) is 0 Å². The molecule has 0 aliphatic carbocycles. The molecule has 1 rings (SSSR count). The summed E-state index contributed by atoms with van der Waals surface area (Å²) in [6, 6.07) is 5.41. The van der Waals surface area contributed by atoms with Gasteiger partial charge in [-0.15, -0.1) is 0 Å². The molecule has 1 amide bonds. The number of aryl methyl sites for hydroxylation is 1. The van der Waals surface area contributed by atoms with Crippen LogP contribution in [0.3, 0.4) is 0 Å². The number of halogens is 1. The second kappa shape index (κ2) is 5.84. The topological polar surface area (TPSA) is 64.3 Å². The van der Waals surface area contributed by atoms with E-state index in [4.69, 9.17) is 22.1 Å². The van der Waals surface area contributed by atoms with Crippen LogP contribution in [0.15, 0.2) is 18.2 Å². The Balaban J connectivity index is 2.84. The molecule has 0 saturated heterocycles. The largest absolute Gasteiger partial charge is 0.370 e. The lowest BCUT2D eigenvalue weighted by Gasteiger charge is -2.15. The monoisotopic (exact) mass is 242 g/mol.